The summed E-state index contributed by atoms with van der Waals surface area (Å²) < 4.78 is 6.08. The van der Waals surface area contributed by atoms with Crippen LogP contribution in [0.25, 0.3) is 5.57 Å². The Labute approximate surface area is 227 Å². The van der Waals surface area contributed by atoms with Gasteiger partial charge in [-0.2, -0.15) is 0 Å². The van der Waals surface area contributed by atoms with Crippen molar-refractivity contribution in [2.24, 2.45) is 11.8 Å². The molecule has 38 heavy (non-hydrogen) atoms. The fourth-order valence-electron chi connectivity index (χ4n) is 4.94. The molecule has 4 heteroatoms. The van der Waals surface area contributed by atoms with E-state index in [1.165, 1.54) is 15.9 Å². The number of ether oxygens (including phenoxy) is 1. The maximum Gasteiger partial charge on any atom is 0.317 e. The SMILES string of the molecule is C=C(C)C[C@H](C[C@H](C)CC=O)OC(=O)C1C=CC=C1c1ccccc1P(c1ccccc1)c1ccccc1. The topological polar surface area (TPSA) is 43.4 Å². The van der Waals surface area contributed by atoms with Crippen molar-refractivity contribution >= 4 is 41.7 Å². The van der Waals surface area contributed by atoms with Crippen LogP contribution in [-0.4, -0.2) is 18.4 Å². The molecule has 0 fully saturated rings. The van der Waals surface area contributed by atoms with Crippen molar-refractivity contribution in [3.63, 3.8) is 0 Å². The minimum absolute atomic E-state index is 0.139. The zero-order chi connectivity index (χ0) is 26.9. The lowest BCUT2D eigenvalue weighted by atomic mass is 9.94. The number of carbonyl (C=O) groups excluding carboxylic acids is 2. The maximum atomic E-state index is 13.6. The van der Waals surface area contributed by atoms with Gasteiger partial charge in [0.25, 0.3) is 0 Å². The van der Waals surface area contributed by atoms with Gasteiger partial charge in [-0.05, 0) is 54.2 Å². The van der Waals surface area contributed by atoms with Crippen LogP contribution in [0.4, 0.5) is 0 Å². The summed E-state index contributed by atoms with van der Waals surface area (Å²) >= 11 is 0. The Kier molecular flexibility index (Phi) is 9.62. The Morgan fingerprint density at radius 2 is 1.58 bits per heavy atom. The molecule has 0 saturated carbocycles. The van der Waals surface area contributed by atoms with Crippen molar-refractivity contribution in [2.45, 2.75) is 39.2 Å². The fraction of sp³-hybridized carbons (Fsp3) is 0.235. The van der Waals surface area contributed by atoms with E-state index in [9.17, 15) is 9.59 Å². The van der Waals surface area contributed by atoms with Crippen LogP contribution < -0.4 is 15.9 Å². The average molecular weight is 523 g/mol. The van der Waals surface area contributed by atoms with E-state index in [1.807, 2.05) is 50.3 Å². The van der Waals surface area contributed by atoms with E-state index in [0.717, 1.165) is 23.0 Å². The average Bonchev–Trinajstić information content (AvgIpc) is 3.40. The van der Waals surface area contributed by atoms with Crippen LogP contribution in [0.15, 0.2) is 115 Å². The van der Waals surface area contributed by atoms with Crippen LogP contribution in [0.2, 0.25) is 0 Å². The molecular weight excluding hydrogens is 487 g/mol. The van der Waals surface area contributed by atoms with Crippen molar-refractivity contribution in [3.8, 4) is 0 Å². The van der Waals surface area contributed by atoms with E-state index in [1.54, 1.807) is 0 Å². The quantitative estimate of drug-likeness (QED) is 0.118. The van der Waals surface area contributed by atoms with E-state index in [0.29, 0.717) is 19.3 Å². The summed E-state index contributed by atoms with van der Waals surface area (Å²) in [5, 5.41) is 3.74. The Morgan fingerprint density at radius 3 is 2.18 bits per heavy atom. The van der Waals surface area contributed by atoms with Crippen LogP contribution in [-0.2, 0) is 14.3 Å². The number of benzene rings is 3. The Bertz CT molecular complexity index is 1270. The molecule has 194 valence electrons. The van der Waals surface area contributed by atoms with Gasteiger partial charge in [0.15, 0.2) is 0 Å². The second-order valence-corrected chi connectivity index (χ2v) is 12.2. The van der Waals surface area contributed by atoms with Crippen LogP contribution in [0.5, 0.6) is 0 Å². The van der Waals surface area contributed by atoms with Gasteiger partial charge in [-0.25, -0.2) is 0 Å². The van der Waals surface area contributed by atoms with Gasteiger partial charge >= 0.3 is 5.97 Å². The first-order valence-corrected chi connectivity index (χ1v) is 14.5. The maximum absolute atomic E-state index is 13.6. The molecule has 0 amide bonds. The van der Waals surface area contributed by atoms with Crippen molar-refractivity contribution in [3.05, 3.63) is 121 Å². The third-order valence-corrected chi connectivity index (χ3v) is 9.18. The molecule has 1 aliphatic rings. The highest BCUT2D eigenvalue weighted by atomic mass is 31.1. The number of allylic oxidation sites excluding steroid dienone is 2. The summed E-state index contributed by atoms with van der Waals surface area (Å²) in [5.74, 6) is -0.596. The monoisotopic (exact) mass is 522 g/mol. The predicted molar refractivity (Wildman–Crippen MR) is 160 cm³/mol. The highest BCUT2D eigenvalue weighted by Crippen LogP contribution is 2.39. The molecular formula is C34H35O3P. The first-order chi connectivity index (χ1) is 18.5. The number of carbonyl (C=O) groups is 2. The van der Waals surface area contributed by atoms with Gasteiger partial charge < -0.3 is 9.53 Å². The van der Waals surface area contributed by atoms with Crippen molar-refractivity contribution < 1.29 is 14.3 Å². The number of rotatable bonds is 12. The highest BCUT2D eigenvalue weighted by Gasteiger charge is 2.31. The zero-order valence-corrected chi connectivity index (χ0v) is 23.0. The van der Waals surface area contributed by atoms with Gasteiger partial charge in [-0.1, -0.05) is 116 Å². The molecule has 4 rings (SSSR count). The van der Waals surface area contributed by atoms with E-state index in [-0.39, 0.29) is 18.0 Å². The largest absolute Gasteiger partial charge is 0.461 e. The third-order valence-electron chi connectivity index (χ3n) is 6.68. The van der Waals surface area contributed by atoms with Crippen molar-refractivity contribution in [2.75, 3.05) is 0 Å². The smallest absolute Gasteiger partial charge is 0.317 e. The summed E-state index contributed by atoms with van der Waals surface area (Å²) in [5.41, 5.74) is 2.99. The molecule has 0 radical (unpaired) electrons. The van der Waals surface area contributed by atoms with Crippen LogP contribution in [0.3, 0.4) is 0 Å². The summed E-state index contributed by atoms with van der Waals surface area (Å²) in [6.07, 6.45) is 8.23. The van der Waals surface area contributed by atoms with Gasteiger partial charge in [0, 0.05) is 12.8 Å². The van der Waals surface area contributed by atoms with E-state index >= 15 is 0 Å². The fourth-order valence-corrected chi connectivity index (χ4v) is 7.42. The lowest BCUT2D eigenvalue weighted by molar-refractivity contribution is -0.151. The van der Waals surface area contributed by atoms with Gasteiger partial charge in [-0.15, -0.1) is 6.58 Å². The van der Waals surface area contributed by atoms with Crippen LogP contribution in [0, 0.1) is 11.8 Å². The standard InChI is InChI=1S/C34H35O3P/c1-25(2)23-27(24-26(3)21-22-35)37-34(36)32-19-12-18-30(32)31-17-10-11-20-33(31)38(28-13-6-4-7-14-28)29-15-8-5-9-16-29/h4-20,22,26-27,32H,1,21,23-24H2,2-3H3/t26-,27-,32?/m1/s1. The van der Waals surface area contributed by atoms with Gasteiger partial charge in [0.05, 0.1) is 0 Å². The second-order valence-electron chi connectivity index (χ2n) is 9.97. The Balaban J connectivity index is 1.66. The second kappa shape index (κ2) is 13.3. The summed E-state index contributed by atoms with van der Waals surface area (Å²) in [6.45, 7) is 7.98. The molecule has 0 heterocycles. The normalized spacial score (nSPS) is 16.1. The molecule has 0 aliphatic heterocycles. The highest BCUT2D eigenvalue weighted by molar-refractivity contribution is 7.80. The summed E-state index contributed by atoms with van der Waals surface area (Å²) in [6, 6.07) is 29.6. The van der Waals surface area contributed by atoms with Crippen LogP contribution >= 0.6 is 7.92 Å². The first kappa shape index (κ1) is 27.5. The number of hydrogen-bond donors (Lipinski definition) is 0. The minimum atomic E-state index is -0.831. The molecule has 1 unspecified atom stereocenters. The number of esters is 1. The predicted octanol–water partition coefficient (Wildman–Crippen LogP) is 6.51. The molecule has 0 saturated heterocycles. The summed E-state index contributed by atoms with van der Waals surface area (Å²) in [7, 11) is -0.831. The molecule has 0 aromatic heterocycles. The van der Waals surface area contributed by atoms with Crippen LogP contribution in [0.1, 0.15) is 38.7 Å². The molecule has 3 atom stereocenters. The van der Waals surface area contributed by atoms with Gasteiger partial charge in [0.1, 0.15) is 18.3 Å². The molecule has 0 bridgehead atoms. The van der Waals surface area contributed by atoms with E-state index in [4.69, 9.17) is 4.74 Å². The zero-order valence-electron chi connectivity index (χ0n) is 22.1. The van der Waals surface area contributed by atoms with E-state index < -0.39 is 13.8 Å². The van der Waals surface area contributed by atoms with Crippen molar-refractivity contribution in [1.82, 2.24) is 0 Å². The Morgan fingerprint density at radius 1 is 0.974 bits per heavy atom. The van der Waals surface area contributed by atoms with Gasteiger partial charge in [0.2, 0.25) is 0 Å². The minimum Gasteiger partial charge on any atom is -0.461 e. The third kappa shape index (κ3) is 6.85. The molecule has 3 nitrogen and oxygen atoms in total. The lowest BCUT2D eigenvalue weighted by Crippen LogP contribution is -2.27. The van der Waals surface area contributed by atoms with Gasteiger partial charge in [-0.3, -0.25) is 4.79 Å². The lowest BCUT2D eigenvalue weighted by Gasteiger charge is -2.26. The van der Waals surface area contributed by atoms with Crippen molar-refractivity contribution in [1.29, 1.82) is 0 Å². The summed E-state index contributed by atoms with van der Waals surface area (Å²) in [4.78, 5) is 24.6. The molecule has 0 spiro atoms. The molecule has 3 aromatic rings. The molecule has 3 aromatic carbocycles. The molecule has 1 aliphatic carbocycles. The van der Waals surface area contributed by atoms with E-state index in [2.05, 4.69) is 73.3 Å². The number of hydrogen-bond acceptors (Lipinski definition) is 3. The Hall–Kier alpha value is -3.55. The first-order valence-electron chi connectivity index (χ1n) is 13.1. The molecule has 0 N–H and O–H groups in total. The number of aldehydes is 1.